The Morgan fingerprint density at radius 3 is 2.67 bits per heavy atom. The molecule has 1 aliphatic carbocycles. The van der Waals surface area contributed by atoms with E-state index in [1.165, 1.54) is 13.0 Å². The van der Waals surface area contributed by atoms with E-state index in [2.05, 4.69) is 24.9 Å². The molecule has 4 atom stereocenters. The molecule has 3 fully saturated rings. The van der Waals surface area contributed by atoms with E-state index in [9.17, 15) is 0 Å². The van der Waals surface area contributed by atoms with Crippen molar-refractivity contribution >= 4 is 12.6 Å². The monoisotopic (exact) mass is 143 g/mol. The smallest absolute Gasteiger partial charge is 0.0112 e. The van der Waals surface area contributed by atoms with Crippen LogP contribution in [-0.2, 0) is 0 Å². The van der Waals surface area contributed by atoms with Crippen molar-refractivity contribution < 1.29 is 0 Å². The second kappa shape index (κ2) is 1.89. The molecule has 0 radical (unpaired) electrons. The molecule has 2 heterocycles. The van der Waals surface area contributed by atoms with E-state index in [1.54, 1.807) is 0 Å². The number of hydrogen-bond acceptors (Lipinski definition) is 2. The largest absolute Gasteiger partial charge is 0.313 e. The molecule has 9 heavy (non-hydrogen) atoms. The minimum Gasteiger partial charge on any atom is -0.313 e. The Labute approximate surface area is 61.6 Å². The van der Waals surface area contributed by atoms with Crippen molar-refractivity contribution in [1.29, 1.82) is 0 Å². The van der Waals surface area contributed by atoms with Crippen LogP contribution < -0.4 is 5.32 Å². The van der Waals surface area contributed by atoms with Crippen molar-refractivity contribution in [3.63, 3.8) is 0 Å². The molecule has 1 nitrogen and oxygen atoms in total. The summed E-state index contributed by atoms with van der Waals surface area (Å²) >= 11 is 4.44. The van der Waals surface area contributed by atoms with Gasteiger partial charge in [-0.05, 0) is 24.8 Å². The van der Waals surface area contributed by atoms with Crippen LogP contribution in [-0.4, -0.2) is 17.8 Å². The maximum Gasteiger partial charge on any atom is 0.0112 e. The van der Waals surface area contributed by atoms with Crippen molar-refractivity contribution in [1.82, 2.24) is 5.32 Å². The molecular formula is C7H13NS. The number of rotatable bonds is 1. The van der Waals surface area contributed by atoms with Crippen LogP contribution in [0.25, 0.3) is 0 Å². The van der Waals surface area contributed by atoms with Gasteiger partial charge < -0.3 is 5.32 Å². The molecule has 1 N–H and O–H groups in total. The highest BCUT2D eigenvalue weighted by atomic mass is 32.1. The topological polar surface area (TPSA) is 12.0 Å². The van der Waals surface area contributed by atoms with Crippen LogP contribution in [0.2, 0.25) is 0 Å². The summed E-state index contributed by atoms with van der Waals surface area (Å²) in [4.78, 5) is 0. The normalized spacial score (nSPS) is 50.7. The van der Waals surface area contributed by atoms with E-state index < -0.39 is 0 Å². The van der Waals surface area contributed by atoms with Crippen molar-refractivity contribution in [2.24, 2.45) is 11.8 Å². The van der Waals surface area contributed by atoms with Crippen LogP contribution in [0.15, 0.2) is 0 Å². The van der Waals surface area contributed by atoms with Gasteiger partial charge in [0.05, 0.1) is 0 Å². The van der Waals surface area contributed by atoms with Gasteiger partial charge in [0, 0.05) is 11.3 Å². The first-order valence-corrected chi connectivity index (χ1v) is 4.22. The van der Waals surface area contributed by atoms with Crippen LogP contribution in [0.4, 0.5) is 0 Å². The van der Waals surface area contributed by atoms with Crippen molar-refractivity contribution in [3.8, 4) is 0 Å². The molecular weight excluding hydrogens is 130 g/mol. The Morgan fingerprint density at radius 1 is 1.67 bits per heavy atom. The first-order chi connectivity index (χ1) is 4.29. The van der Waals surface area contributed by atoms with Crippen molar-refractivity contribution in [3.05, 3.63) is 0 Å². The van der Waals surface area contributed by atoms with E-state index in [1.807, 2.05) is 0 Å². The summed E-state index contributed by atoms with van der Waals surface area (Å²) in [6, 6.07) is 0.822. The fraction of sp³-hybridized carbons (Fsp3) is 1.00. The Hall–Kier alpha value is 0.310. The molecule has 1 saturated carbocycles. The molecule has 0 amide bonds. The van der Waals surface area contributed by atoms with Crippen LogP contribution in [0.1, 0.15) is 13.3 Å². The first-order valence-electron chi connectivity index (χ1n) is 3.70. The van der Waals surface area contributed by atoms with Gasteiger partial charge in [-0.25, -0.2) is 0 Å². The van der Waals surface area contributed by atoms with Gasteiger partial charge in [-0.15, -0.1) is 0 Å². The molecule has 0 aromatic heterocycles. The lowest BCUT2D eigenvalue weighted by molar-refractivity contribution is 0.217. The SMILES string of the molecule is CC(S)C1C2CNC1C2. The molecule has 4 unspecified atom stereocenters. The quantitative estimate of drug-likeness (QED) is 0.520. The van der Waals surface area contributed by atoms with Gasteiger partial charge >= 0.3 is 0 Å². The Morgan fingerprint density at radius 2 is 2.44 bits per heavy atom. The van der Waals surface area contributed by atoms with Gasteiger partial charge in [0.25, 0.3) is 0 Å². The number of nitrogens with one attached hydrogen (secondary N) is 1. The second-order valence-corrected chi connectivity index (χ2v) is 4.14. The summed E-state index contributed by atoms with van der Waals surface area (Å²) in [6.45, 7) is 3.46. The van der Waals surface area contributed by atoms with E-state index in [-0.39, 0.29) is 0 Å². The van der Waals surface area contributed by atoms with E-state index in [0.717, 1.165) is 17.9 Å². The Kier molecular flexibility index (Phi) is 1.27. The molecule has 52 valence electrons. The van der Waals surface area contributed by atoms with Crippen LogP contribution in [0.3, 0.4) is 0 Å². The summed E-state index contributed by atoms with van der Waals surface area (Å²) in [6.07, 6.45) is 1.41. The zero-order valence-electron chi connectivity index (χ0n) is 5.67. The minimum absolute atomic E-state index is 0.601. The number of hydrogen-bond donors (Lipinski definition) is 2. The predicted molar refractivity (Wildman–Crippen MR) is 41.8 cm³/mol. The maximum absolute atomic E-state index is 4.44. The highest BCUT2D eigenvalue weighted by Gasteiger charge is 2.47. The molecule has 3 rings (SSSR count). The molecule has 2 aliphatic heterocycles. The lowest BCUT2D eigenvalue weighted by Crippen LogP contribution is -2.41. The zero-order chi connectivity index (χ0) is 6.43. The molecule has 3 aliphatic rings. The highest BCUT2D eigenvalue weighted by Crippen LogP contribution is 2.43. The third-order valence-corrected chi connectivity index (χ3v) is 3.11. The van der Waals surface area contributed by atoms with Crippen LogP contribution in [0, 0.1) is 11.8 Å². The number of thiol groups is 1. The lowest BCUT2D eigenvalue weighted by atomic mass is 9.72. The summed E-state index contributed by atoms with van der Waals surface area (Å²) in [7, 11) is 0. The second-order valence-electron chi connectivity index (χ2n) is 3.33. The van der Waals surface area contributed by atoms with Gasteiger partial charge in [-0.3, -0.25) is 0 Å². The molecule has 2 saturated heterocycles. The standard InChI is InChI=1S/C7H13NS/c1-4(9)7-5-2-6(7)8-3-5/h4-9H,2-3H2,1H3. The fourth-order valence-corrected chi connectivity index (χ4v) is 2.70. The molecule has 0 spiro atoms. The van der Waals surface area contributed by atoms with Crippen molar-refractivity contribution in [2.75, 3.05) is 6.54 Å². The Bertz CT molecular complexity index is 110. The van der Waals surface area contributed by atoms with Crippen LogP contribution >= 0.6 is 12.6 Å². The average Bonchev–Trinajstić information content (AvgIpc) is 2.13. The molecule has 2 heteroatoms. The fourth-order valence-electron chi connectivity index (χ4n) is 2.24. The molecule has 0 aromatic rings. The predicted octanol–water partition coefficient (Wildman–Crippen LogP) is 0.913. The minimum atomic E-state index is 0.601. The zero-order valence-corrected chi connectivity index (χ0v) is 6.57. The molecule has 0 aromatic carbocycles. The third kappa shape index (κ3) is 0.729. The van der Waals surface area contributed by atoms with E-state index >= 15 is 0 Å². The Balaban J connectivity index is 2.02. The van der Waals surface area contributed by atoms with Gasteiger partial charge in [0.2, 0.25) is 0 Å². The summed E-state index contributed by atoms with van der Waals surface area (Å²) < 4.78 is 0. The van der Waals surface area contributed by atoms with E-state index in [0.29, 0.717) is 5.25 Å². The highest BCUT2D eigenvalue weighted by molar-refractivity contribution is 7.80. The average molecular weight is 143 g/mol. The lowest BCUT2D eigenvalue weighted by Gasteiger charge is -2.36. The summed E-state index contributed by atoms with van der Waals surface area (Å²) in [5, 5.41) is 4.08. The maximum atomic E-state index is 4.44. The van der Waals surface area contributed by atoms with Gasteiger partial charge in [-0.1, -0.05) is 6.92 Å². The molecule has 2 bridgehead atoms. The van der Waals surface area contributed by atoms with Crippen molar-refractivity contribution in [2.45, 2.75) is 24.6 Å². The third-order valence-electron chi connectivity index (χ3n) is 2.76. The van der Waals surface area contributed by atoms with Gasteiger partial charge in [0.1, 0.15) is 0 Å². The first kappa shape index (κ1) is 6.05. The summed E-state index contributed by atoms with van der Waals surface area (Å²) in [5.41, 5.74) is 0. The number of fused-ring (bicyclic) bond motifs is 1. The van der Waals surface area contributed by atoms with E-state index in [4.69, 9.17) is 0 Å². The van der Waals surface area contributed by atoms with Gasteiger partial charge in [-0.2, -0.15) is 12.6 Å². The van der Waals surface area contributed by atoms with Gasteiger partial charge in [0.15, 0.2) is 0 Å². The van der Waals surface area contributed by atoms with Crippen LogP contribution in [0.5, 0.6) is 0 Å². The summed E-state index contributed by atoms with van der Waals surface area (Å²) in [5.74, 6) is 1.84.